The minimum absolute atomic E-state index is 0.377. The highest BCUT2D eigenvalue weighted by Gasteiger charge is 2.27. The average molecular weight is 288 g/mol. The number of ether oxygens (including phenoxy) is 1. The van der Waals surface area contributed by atoms with Crippen molar-refractivity contribution in [3.8, 4) is 0 Å². The summed E-state index contributed by atoms with van der Waals surface area (Å²) in [5.74, 6) is 0.641. The molecule has 1 aromatic heterocycles. The molecule has 3 nitrogen and oxygen atoms in total. The lowest BCUT2D eigenvalue weighted by Gasteiger charge is -2.30. The third-order valence-corrected chi connectivity index (χ3v) is 3.79. The molecule has 1 fully saturated rings. The minimum atomic E-state index is 0.377. The Morgan fingerprint density at radius 3 is 2.81 bits per heavy atom. The van der Waals surface area contributed by atoms with Crippen molar-refractivity contribution in [3.05, 3.63) is 22.6 Å². The van der Waals surface area contributed by atoms with Gasteiger partial charge in [-0.05, 0) is 47.3 Å². The fourth-order valence-electron chi connectivity index (χ4n) is 2.33. The molecule has 2 rings (SSSR count). The molecule has 1 aliphatic heterocycles. The van der Waals surface area contributed by atoms with E-state index in [2.05, 4.69) is 28.2 Å². The van der Waals surface area contributed by atoms with Crippen LogP contribution in [-0.4, -0.2) is 19.8 Å². The Labute approximate surface area is 105 Å². The molecule has 0 saturated carbocycles. The molecule has 90 valence electrons. The Morgan fingerprint density at radius 1 is 1.50 bits per heavy atom. The molecule has 1 atom stereocenters. The molecular weight excluding hydrogens is 270 g/mol. The lowest BCUT2D eigenvalue weighted by Crippen LogP contribution is -2.32. The third-order valence-electron chi connectivity index (χ3n) is 3.14. The predicted molar refractivity (Wildman–Crippen MR) is 66.4 cm³/mol. The summed E-state index contributed by atoms with van der Waals surface area (Å²) < 4.78 is 11.6. The lowest BCUT2D eigenvalue weighted by molar-refractivity contribution is 0.0536. The van der Waals surface area contributed by atoms with Gasteiger partial charge in [-0.25, -0.2) is 0 Å². The maximum atomic E-state index is 5.41. The SMILES string of the molecule is CCNC(c1ccoc1Br)C1CCOCC1. The molecule has 0 spiro atoms. The highest BCUT2D eigenvalue weighted by atomic mass is 79.9. The Balaban J connectivity index is 2.12. The largest absolute Gasteiger partial charge is 0.457 e. The summed E-state index contributed by atoms with van der Waals surface area (Å²) in [4.78, 5) is 0. The van der Waals surface area contributed by atoms with E-state index in [9.17, 15) is 0 Å². The van der Waals surface area contributed by atoms with E-state index in [1.165, 1.54) is 5.56 Å². The third kappa shape index (κ3) is 2.67. The molecule has 1 N–H and O–H groups in total. The van der Waals surface area contributed by atoms with Gasteiger partial charge in [0.15, 0.2) is 4.67 Å². The molecular formula is C12H18BrNO2. The fourth-order valence-corrected chi connectivity index (χ4v) is 2.81. The van der Waals surface area contributed by atoms with E-state index >= 15 is 0 Å². The molecule has 0 aromatic carbocycles. The normalized spacial score (nSPS) is 19.9. The second kappa shape index (κ2) is 5.84. The molecule has 2 heterocycles. The first-order valence-corrected chi connectivity index (χ1v) is 6.66. The van der Waals surface area contributed by atoms with Crippen LogP contribution in [0.1, 0.15) is 31.4 Å². The van der Waals surface area contributed by atoms with Crippen LogP contribution in [0.4, 0.5) is 0 Å². The summed E-state index contributed by atoms with van der Waals surface area (Å²) in [6.45, 7) is 4.87. The van der Waals surface area contributed by atoms with E-state index < -0.39 is 0 Å². The van der Waals surface area contributed by atoms with Crippen LogP contribution >= 0.6 is 15.9 Å². The summed E-state index contributed by atoms with van der Waals surface area (Å²) in [5, 5.41) is 3.55. The van der Waals surface area contributed by atoms with Crippen molar-refractivity contribution < 1.29 is 9.15 Å². The second-order valence-electron chi connectivity index (χ2n) is 4.13. The van der Waals surface area contributed by atoms with E-state index in [4.69, 9.17) is 9.15 Å². The smallest absolute Gasteiger partial charge is 0.173 e. The van der Waals surface area contributed by atoms with Crippen LogP contribution < -0.4 is 5.32 Å². The minimum Gasteiger partial charge on any atom is -0.457 e. The van der Waals surface area contributed by atoms with Crippen LogP contribution in [0.25, 0.3) is 0 Å². The molecule has 1 unspecified atom stereocenters. The van der Waals surface area contributed by atoms with Gasteiger partial charge in [-0.15, -0.1) is 0 Å². The first-order valence-electron chi connectivity index (χ1n) is 5.87. The maximum Gasteiger partial charge on any atom is 0.173 e. The van der Waals surface area contributed by atoms with E-state index in [1.807, 2.05) is 6.07 Å². The Hall–Kier alpha value is -0.320. The van der Waals surface area contributed by atoms with Crippen molar-refractivity contribution in [1.29, 1.82) is 0 Å². The second-order valence-corrected chi connectivity index (χ2v) is 4.86. The molecule has 1 aliphatic rings. The highest BCUT2D eigenvalue weighted by molar-refractivity contribution is 9.10. The van der Waals surface area contributed by atoms with Crippen LogP contribution in [0.5, 0.6) is 0 Å². The van der Waals surface area contributed by atoms with Gasteiger partial charge in [0.2, 0.25) is 0 Å². The highest BCUT2D eigenvalue weighted by Crippen LogP contribution is 2.34. The molecule has 4 heteroatoms. The zero-order valence-electron chi connectivity index (χ0n) is 9.54. The first-order chi connectivity index (χ1) is 7.83. The van der Waals surface area contributed by atoms with E-state index in [-0.39, 0.29) is 0 Å². The van der Waals surface area contributed by atoms with Gasteiger partial charge in [0.05, 0.1) is 6.26 Å². The summed E-state index contributed by atoms with van der Waals surface area (Å²) in [6, 6.07) is 2.43. The van der Waals surface area contributed by atoms with E-state index in [1.54, 1.807) is 6.26 Å². The number of nitrogens with one attached hydrogen (secondary N) is 1. The molecule has 1 aromatic rings. The van der Waals surface area contributed by atoms with Gasteiger partial charge in [-0.3, -0.25) is 0 Å². The van der Waals surface area contributed by atoms with Crippen LogP contribution in [-0.2, 0) is 4.74 Å². The lowest BCUT2D eigenvalue weighted by atomic mass is 9.88. The zero-order valence-corrected chi connectivity index (χ0v) is 11.1. The molecule has 1 saturated heterocycles. The summed E-state index contributed by atoms with van der Waals surface area (Å²) >= 11 is 3.47. The van der Waals surface area contributed by atoms with Crippen molar-refractivity contribution in [3.63, 3.8) is 0 Å². The number of hydrogen-bond donors (Lipinski definition) is 1. The van der Waals surface area contributed by atoms with Gasteiger partial charge >= 0.3 is 0 Å². The number of hydrogen-bond acceptors (Lipinski definition) is 3. The van der Waals surface area contributed by atoms with Crippen molar-refractivity contribution >= 4 is 15.9 Å². The number of furan rings is 1. The van der Waals surface area contributed by atoms with Gasteiger partial charge in [-0.2, -0.15) is 0 Å². The molecule has 0 bridgehead atoms. The van der Waals surface area contributed by atoms with Crippen molar-refractivity contribution in [1.82, 2.24) is 5.32 Å². The van der Waals surface area contributed by atoms with Crippen LogP contribution in [0.2, 0.25) is 0 Å². The van der Waals surface area contributed by atoms with E-state index in [0.717, 1.165) is 37.3 Å². The van der Waals surface area contributed by atoms with Gasteiger partial charge in [0.1, 0.15) is 0 Å². The maximum absolute atomic E-state index is 5.41. The summed E-state index contributed by atoms with van der Waals surface area (Å²) in [6.07, 6.45) is 3.98. The Kier molecular flexibility index (Phi) is 4.44. The van der Waals surface area contributed by atoms with Crippen molar-refractivity contribution in [2.75, 3.05) is 19.8 Å². The van der Waals surface area contributed by atoms with Gasteiger partial charge in [0, 0.05) is 24.8 Å². The molecule has 0 amide bonds. The zero-order chi connectivity index (χ0) is 11.4. The Morgan fingerprint density at radius 2 is 2.25 bits per heavy atom. The topological polar surface area (TPSA) is 34.4 Å². The van der Waals surface area contributed by atoms with Crippen LogP contribution in [0.3, 0.4) is 0 Å². The average Bonchev–Trinajstić information content (AvgIpc) is 2.73. The molecule has 0 radical (unpaired) electrons. The fraction of sp³-hybridized carbons (Fsp3) is 0.667. The first kappa shape index (κ1) is 12.1. The standard InChI is InChI=1S/C12H18BrNO2/c1-2-14-11(9-3-6-15-7-4-9)10-5-8-16-12(10)13/h5,8-9,11,14H,2-4,6-7H2,1H3. The summed E-state index contributed by atoms with van der Waals surface area (Å²) in [7, 11) is 0. The van der Waals surface area contributed by atoms with E-state index in [0.29, 0.717) is 12.0 Å². The quantitative estimate of drug-likeness (QED) is 0.924. The summed E-state index contributed by atoms with van der Waals surface area (Å²) in [5.41, 5.74) is 1.23. The number of rotatable bonds is 4. The van der Waals surface area contributed by atoms with Crippen LogP contribution in [0, 0.1) is 5.92 Å². The van der Waals surface area contributed by atoms with Crippen molar-refractivity contribution in [2.24, 2.45) is 5.92 Å². The van der Waals surface area contributed by atoms with Crippen molar-refractivity contribution in [2.45, 2.75) is 25.8 Å². The van der Waals surface area contributed by atoms with Gasteiger partial charge < -0.3 is 14.5 Å². The molecule has 16 heavy (non-hydrogen) atoms. The number of halogens is 1. The van der Waals surface area contributed by atoms with Gasteiger partial charge in [-0.1, -0.05) is 6.92 Å². The monoisotopic (exact) mass is 287 g/mol. The van der Waals surface area contributed by atoms with Crippen LogP contribution in [0.15, 0.2) is 21.4 Å². The predicted octanol–water partition coefficient (Wildman–Crippen LogP) is 3.12. The van der Waals surface area contributed by atoms with Gasteiger partial charge in [0.25, 0.3) is 0 Å². The molecule has 0 aliphatic carbocycles. The Bertz CT molecular complexity index is 321.